The third-order valence-corrected chi connectivity index (χ3v) is 8.82. The maximum atomic E-state index is 13.4. The predicted molar refractivity (Wildman–Crippen MR) is 128 cm³/mol. The Labute approximate surface area is 203 Å². The Hall–Kier alpha value is -1.72. The molecule has 0 spiro atoms. The van der Waals surface area contributed by atoms with Gasteiger partial charge in [-0.2, -0.15) is 4.31 Å². The number of hydrogen-bond donors (Lipinski definition) is 0. The monoisotopic (exact) mass is 495 g/mol. The number of morpholine rings is 2. The molecule has 0 radical (unpaired) electrons. The number of nitrogens with zero attached hydrogens (tertiary/aromatic N) is 3. The smallest absolute Gasteiger partial charge is 0.257 e. The number of sulfonamides is 1. The highest BCUT2D eigenvalue weighted by molar-refractivity contribution is 7.89. The summed E-state index contributed by atoms with van der Waals surface area (Å²) in [6.45, 7) is 9.84. The number of rotatable bonds is 6. The van der Waals surface area contributed by atoms with Gasteiger partial charge in [-0.25, -0.2) is 8.42 Å². The zero-order valence-corrected chi connectivity index (χ0v) is 21.3. The van der Waals surface area contributed by atoms with Crippen LogP contribution in [-0.4, -0.2) is 107 Å². The zero-order valence-electron chi connectivity index (χ0n) is 20.4. The lowest BCUT2D eigenvalue weighted by Gasteiger charge is -2.39. The van der Waals surface area contributed by atoms with Crippen molar-refractivity contribution in [2.45, 2.75) is 43.8 Å². The first kappa shape index (κ1) is 25.4. The van der Waals surface area contributed by atoms with Gasteiger partial charge in [0, 0.05) is 45.8 Å². The highest BCUT2D eigenvalue weighted by Gasteiger charge is 2.31. The molecule has 0 N–H and O–H groups in total. The molecule has 1 amide bonds. The van der Waals surface area contributed by atoms with E-state index in [0.717, 1.165) is 32.5 Å². The summed E-state index contributed by atoms with van der Waals surface area (Å²) in [5, 5.41) is 0. The highest BCUT2D eigenvalue weighted by atomic mass is 32.2. The van der Waals surface area contributed by atoms with Crippen molar-refractivity contribution >= 4 is 15.9 Å². The van der Waals surface area contributed by atoms with Crippen molar-refractivity contribution in [3.8, 4) is 5.75 Å². The van der Waals surface area contributed by atoms with Crippen molar-refractivity contribution in [2.24, 2.45) is 5.92 Å². The van der Waals surface area contributed by atoms with E-state index in [2.05, 4.69) is 18.7 Å². The van der Waals surface area contributed by atoms with Gasteiger partial charge in [-0.05, 0) is 50.8 Å². The minimum atomic E-state index is -3.70. The van der Waals surface area contributed by atoms with Crippen molar-refractivity contribution in [2.75, 3.05) is 66.1 Å². The molecule has 2 atom stereocenters. The zero-order chi connectivity index (χ0) is 24.3. The second-order valence-electron chi connectivity index (χ2n) is 9.59. The van der Waals surface area contributed by atoms with E-state index in [1.165, 1.54) is 23.5 Å². The average molecular weight is 496 g/mol. The first-order chi connectivity index (χ1) is 16.3. The Morgan fingerprint density at radius 1 is 1.06 bits per heavy atom. The Morgan fingerprint density at radius 3 is 2.32 bits per heavy atom. The van der Waals surface area contributed by atoms with Gasteiger partial charge in [0.2, 0.25) is 10.0 Å². The minimum absolute atomic E-state index is 0.115. The van der Waals surface area contributed by atoms with Crippen molar-refractivity contribution in [3.63, 3.8) is 0 Å². The normalized spacial score (nSPS) is 25.9. The summed E-state index contributed by atoms with van der Waals surface area (Å²) in [6.07, 6.45) is 2.36. The Bertz CT molecular complexity index is 947. The lowest BCUT2D eigenvalue weighted by Crippen LogP contribution is -2.48. The molecule has 190 valence electrons. The lowest BCUT2D eigenvalue weighted by atomic mass is 9.95. The molecule has 1 aromatic rings. The van der Waals surface area contributed by atoms with Crippen molar-refractivity contribution in [3.05, 3.63) is 23.8 Å². The quantitative estimate of drug-likeness (QED) is 0.593. The molecule has 3 aliphatic rings. The molecular formula is C24H37N3O6S. The summed E-state index contributed by atoms with van der Waals surface area (Å²) >= 11 is 0. The van der Waals surface area contributed by atoms with Crippen molar-refractivity contribution in [1.29, 1.82) is 0 Å². The molecule has 10 heteroatoms. The number of amides is 1. The maximum absolute atomic E-state index is 13.4. The molecule has 0 bridgehead atoms. The van der Waals surface area contributed by atoms with Gasteiger partial charge >= 0.3 is 0 Å². The fourth-order valence-electron chi connectivity index (χ4n) is 5.24. The average Bonchev–Trinajstić information content (AvgIpc) is 2.83. The summed E-state index contributed by atoms with van der Waals surface area (Å²) in [4.78, 5) is 17.8. The summed E-state index contributed by atoms with van der Waals surface area (Å²) in [5.74, 6) is 0.753. The van der Waals surface area contributed by atoms with E-state index in [0.29, 0.717) is 56.6 Å². The molecule has 9 nitrogen and oxygen atoms in total. The number of carbonyl (C=O) groups is 1. The fraction of sp³-hybridized carbons (Fsp3) is 0.708. The van der Waals surface area contributed by atoms with E-state index in [1.807, 2.05) is 4.90 Å². The lowest BCUT2D eigenvalue weighted by molar-refractivity contribution is -0.0728. The highest BCUT2D eigenvalue weighted by Crippen LogP contribution is 2.28. The van der Waals surface area contributed by atoms with Gasteiger partial charge in [-0.15, -0.1) is 0 Å². The molecule has 3 heterocycles. The van der Waals surface area contributed by atoms with Gasteiger partial charge in [0.15, 0.2) is 0 Å². The molecule has 3 aliphatic heterocycles. The maximum Gasteiger partial charge on any atom is 0.257 e. The van der Waals surface area contributed by atoms with Crippen molar-refractivity contribution < 1.29 is 27.4 Å². The number of hydrogen-bond acceptors (Lipinski definition) is 7. The van der Waals surface area contributed by atoms with Gasteiger partial charge < -0.3 is 19.1 Å². The van der Waals surface area contributed by atoms with Gasteiger partial charge in [0.1, 0.15) is 5.75 Å². The van der Waals surface area contributed by atoms with E-state index in [1.54, 1.807) is 6.07 Å². The molecule has 4 rings (SSSR count). The van der Waals surface area contributed by atoms with Gasteiger partial charge in [-0.1, -0.05) is 0 Å². The second kappa shape index (κ2) is 10.9. The summed E-state index contributed by atoms with van der Waals surface area (Å²) in [5.41, 5.74) is 0.297. The molecule has 0 unspecified atom stereocenters. The Morgan fingerprint density at radius 2 is 1.71 bits per heavy atom. The van der Waals surface area contributed by atoms with Crippen LogP contribution < -0.4 is 4.74 Å². The third-order valence-electron chi connectivity index (χ3n) is 6.92. The number of ether oxygens (including phenoxy) is 3. The predicted octanol–water partition coefficient (Wildman–Crippen LogP) is 1.68. The topological polar surface area (TPSA) is 88.6 Å². The van der Waals surface area contributed by atoms with Crippen LogP contribution in [0.3, 0.4) is 0 Å². The molecular weight excluding hydrogens is 458 g/mol. The summed E-state index contributed by atoms with van der Waals surface area (Å²) in [7, 11) is -2.20. The number of likely N-dealkylation sites (tertiary alicyclic amines) is 1. The number of methoxy groups -OCH3 is 1. The van der Waals surface area contributed by atoms with E-state index in [9.17, 15) is 13.2 Å². The molecule has 0 aromatic heterocycles. The number of piperidine rings is 1. The number of carbonyl (C=O) groups excluding carboxylic acids is 1. The standard InChI is InChI=1S/C24H37N3O6S/c1-18-15-25(16-19(2)33-18)17-20-6-8-26(9-7-20)24(28)22-14-21(4-5-23(22)31-3)34(29,30)27-10-12-32-13-11-27/h4-5,14,18-20H,6-13,15-17H2,1-3H3/t18-,19-/m1/s1. The van der Waals surface area contributed by atoms with Crippen LogP contribution in [0.15, 0.2) is 23.1 Å². The molecule has 0 saturated carbocycles. The first-order valence-corrected chi connectivity index (χ1v) is 13.6. The summed E-state index contributed by atoms with van der Waals surface area (Å²) < 4.78 is 44.2. The molecule has 3 fully saturated rings. The largest absolute Gasteiger partial charge is 0.496 e. The Balaban J connectivity index is 1.42. The van der Waals surface area contributed by atoms with E-state index >= 15 is 0 Å². The van der Waals surface area contributed by atoms with E-state index < -0.39 is 10.0 Å². The first-order valence-electron chi connectivity index (χ1n) is 12.2. The third kappa shape index (κ3) is 5.73. The van der Waals surface area contributed by atoms with Gasteiger partial charge in [0.05, 0.1) is 43.0 Å². The van der Waals surface area contributed by atoms with Crippen molar-refractivity contribution in [1.82, 2.24) is 14.1 Å². The van der Waals surface area contributed by atoms with Crippen LogP contribution in [0.2, 0.25) is 0 Å². The summed E-state index contributed by atoms with van der Waals surface area (Å²) in [6, 6.07) is 4.56. The van der Waals surface area contributed by atoms with Crippen LogP contribution in [0.1, 0.15) is 37.0 Å². The van der Waals surface area contributed by atoms with Crippen LogP contribution in [0.4, 0.5) is 0 Å². The molecule has 1 aromatic carbocycles. The molecule has 0 aliphatic carbocycles. The van der Waals surface area contributed by atoms with E-state index in [4.69, 9.17) is 14.2 Å². The molecule has 34 heavy (non-hydrogen) atoms. The van der Waals surface area contributed by atoms with Gasteiger partial charge in [0.25, 0.3) is 5.91 Å². The SMILES string of the molecule is COc1ccc(S(=O)(=O)N2CCOCC2)cc1C(=O)N1CCC(CN2C[C@@H](C)O[C@H](C)C2)CC1. The second-order valence-corrected chi connectivity index (χ2v) is 11.5. The minimum Gasteiger partial charge on any atom is -0.496 e. The van der Waals surface area contributed by atoms with Crippen LogP contribution in [0, 0.1) is 5.92 Å². The number of benzene rings is 1. The Kier molecular flexibility index (Phi) is 8.14. The van der Waals surface area contributed by atoms with Crippen LogP contribution in [0.5, 0.6) is 5.75 Å². The van der Waals surface area contributed by atoms with Crippen LogP contribution >= 0.6 is 0 Å². The van der Waals surface area contributed by atoms with Crippen LogP contribution in [0.25, 0.3) is 0 Å². The van der Waals surface area contributed by atoms with Crippen LogP contribution in [-0.2, 0) is 19.5 Å². The molecule has 3 saturated heterocycles. The van der Waals surface area contributed by atoms with E-state index in [-0.39, 0.29) is 23.0 Å². The van der Waals surface area contributed by atoms with Gasteiger partial charge in [-0.3, -0.25) is 9.69 Å². The fourth-order valence-corrected chi connectivity index (χ4v) is 6.67.